The standard InChI is InChI=1S/C12H8N2O7S/c15-9(16)5-13-11(18)8(22-12(13)19)4-6-2-1-3-7(10(6)17)14(20)21/h1-4,17H,5H2,(H,15,16)/b8-4+. The average molecular weight is 324 g/mol. The van der Waals surface area contributed by atoms with Crippen molar-refractivity contribution >= 4 is 40.6 Å². The molecule has 1 saturated heterocycles. The smallest absolute Gasteiger partial charge is 0.323 e. The van der Waals surface area contributed by atoms with Crippen molar-refractivity contribution in [2.24, 2.45) is 0 Å². The first-order valence-electron chi connectivity index (χ1n) is 5.74. The minimum absolute atomic E-state index is 0.0185. The van der Waals surface area contributed by atoms with E-state index in [1.54, 1.807) is 0 Å². The van der Waals surface area contributed by atoms with Gasteiger partial charge in [0.15, 0.2) is 0 Å². The van der Waals surface area contributed by atoms with Crippen LogP contribution in [0.2, 0.25) is 0 Å². The van der Waals surface area contributed by atoms with Gasteiger partial charge in [-0.15, -0.1) is 0 Å². The third-order valence-electron chi connectivity index (χ3n) is 2.70. The molecule has 2 amide bonds. The first kappa shape index (κ1) is 15.5. The van der Waals surface area contributed by atoms with Crippen molar-refractivity contribution in [1.29, 1.82) is 0 Å². The number of phenolic OH excluding ortho intramolecular Hbond substituents is 1. The second-order valence-electron chi connectivity index (χ2n) is 4.13. The van der Waals surface area contributed by atoms with Crippen molar-refractivity contribution in [2.45, 2.75) is 0 Å². The average Bonchev–Trinajstić information content (AvgIpc) is 2.68. The highest BCUT2D eigenvalue weighted by atomic mass is 32.2. The van der Waals surface area contributed by atoms with E-state index < -0.39 is 40.0 Å². The Morgan fingerprint density at radius 2 is 2.09 bits per heavy atom. The number of carboxylic acid groups (broad SMARTS) is 1. The summed E-state index contributed by atoms with van der Waals surface area (Å²) in [6, 6.07) is 3.72. The molecule has 1 fully saturated rings. The number of carboxylic acids is 1. The third kappa shape index (κ3) is 2.91. The normalized spacial score (nSPS) is 16.4. The Morgan fingerprint density at radius 1 is 1.41 bits per heavy atom. The van der Waals surface area contributed by atoms with Crippen LogP contribution in [0.3, 0.4) is 0 Å². The van der Waals surface area contributed by atoms with Crippen molar-refractivity contribution in [3.8, 4) is 5.75 Å². The van der Waals surface area contributed by atoms with Gasteiger partial charge >= 0.3 is 11.7 Å². The van der Waals surface area contributed by atoms with E-state index in [0.717, 1.165) is 12.1 Å². The lowest BCUT2D eigenvalue weighted by molar-refractivity contribution is -0.385. The Balaban J connectivity index is 2.37. The highest BCUT2D eigenvalue weighted by molar-refractivity contribution is 8.18. The zero-order chi connectivity index (χ0) is 16.4. The van der Waals surface area contributed by atoms with Gasteiger partial charge < -0.3 is 10.2 Å². The van der Waals surface area contributed by atoms with E-state index >= 15 is 0 Å². The molecule has 0 aliphatic carbocycles. The van der Waals surface area contributed by atoms with Gasteiger partial charge in [-0.2, -0.15) is 0 Å². The predicted octanol–water partition coefficient (Wildman–Crippen LogP) is 1.42. The number of nitro groups is 1. The van der Waals surface area contributed by atoms with Gasteiger partial charge in [-0.1, -0.05) is 12.1 Å². The number of carbonyl (C=O) groups is 3. The highest BCUT2D eigenvalue weighted by Gasteiger charge is 2.36. The lowest BCUT2D eigenvalue weighted by atomic mass is 10.1. The summed E-state index contributed by atoms with van der Waals surface area (Å²) in [6.45, 7) is -0.775. The number of rotatable bonds is 4. The van der Waals surface area contributed by atoms with Crippen LogP contribution in [-0.4, -0.2) is 43.7 Å². The fourth-order valence-corrected chi connectivity index (χ4v) is 2.55. The molecule has 1 aliphatic heterocycles. The topological polar surface area (TPSA) is 138 Å². The van der Waals surface area contributed by atoms with Crippen LogP contribution in [-0.2, 0) is 9.59 Å². The Morgan fingerprint density at radius 3 is 2.68 bits per heavy atom. The molecular weight excluding hydrogens is 316 g/mol. The van der Waals surface area contributed by atoms with E-state index in [9.17, 15) is 29.6 Å². The molecule has 22 heavy (non-hydrogen) atoms. The Labute approximate surface area is 127 Å². The molecule has 2 N–H and O–H groups in total. The number of hydrogen-bond acceptors (Lipinski definition) is 7. The summed E-state index contributed by atoms with van der Waals surface area (Å²) >= 11 is 0.496. The summed E-state index contributed by atoms with van der Waals surface area (Å²) in [4.78, 5) is 44.4. The first-order valence-corrected chi connectivity index (χ1v) is 6.56. The number of nitrogens with zero attached hydrogens (tertiary/aromatic N) is 2. The van der Waals surface area contributed by atoms with Gasteiger partial charge in [-0.05, 0) is 17.8 Å². The molecule has 2 rings (SSSR count). The van der Waals surface area contributed by atoms with Gasteiger partial charge in [-0.3, -0.25) is 29.4 Å². The molecule has 1 aromatic carbocycles. The largest absolute Gasteiger partial charge is 0.502 e. The van der Waals surface area contributed by atoms with Gasteiger partial charge in [0.25, 0.3) is 11.1 Å². The third-order valence-corrected chi connectivity index (χ3v) is 3.60. The Bertz CT molecular complexity index is 728. The molecule has 0 bridgehead atoms. The van der Waals surface area contributed by atoms with Crippen molar-refractivity contribution in [2.75, 3.05) is 6.54 Å². The zero-order valence-electron chi connectivity index (χ0n) is 10.8. The number of amides is 2. The molecule has 1 aromatic rings. The number of thioether (sulfide) groups is 1. The number of aromatic hydroxyl groups is 1. The van der Waals surface area contributed by atoms with Crippen LogP contribution in [0.4, 0.5) is 10.5 Å². The van der Waals surface area contributed by atoms with Gasteiger partial charge in [0, 0.05) is 11.6 Å². The number of carbonyl (C=O) groups excluding carboxylic acids is 2. The van der Waals surface area contributed by atoms with Gasteiger partial charge in [0.2, 0.25) is 5.75 Å². The summed E-state index contributed by atoms with van der Waals surface area (Å²) < 4.78 is 0. The maximum absolute atomic E-state index is 11.9. The van der Waals surface area contributed by atoms with E-state index in [1.807, 2.05) is 0 Å². The summed E-state index contributed by atoms with van der Waals surface area (Å²) in [5.74, 6) is -2.82. The molecule has 9 nitrogen and oxygen atoms in total. The Kier molecular flexibility index (Phi) is 4.13. The van der Waals surface area contributed by atoms with Crippen LogP contribution in [0.25, 0.3) is 6.08 Å². The van der Waals surface area contributed by atoms with Crippen LogP contribution in [0.5, 0.6) is 5.75 Å². The maximum atomic E-state index is 11.9. The van der Waals surface area contributed by atoms with Gasteiger partial charge in [0.1, 0.15) is 6.54 Å². The maximum Gasteiger partial charge on any atom is 0.323 e. The van der Waals surface area contributed by atoms with E-state index in [0.29, 0.717) is 16.7 Å². The molecule has 0 aromatic heterocycles. The molecule has 0 radical (unpaired) electrons. The zero-order valence-corrected chi connectivity index (χ0v) is 11.6. The monoisotopic (exact) mass is 324 g/mol. The number of phenols is 1. The molecule has 0 unspecified atom stereocenters. The molecule has 114 valence electrons. The molecule has 0 atom stereocenters. The van der Waals surface area contributed by atoms with E-state index in [-0.39, 0.29) is 10.5 Å². The molecule has 1 heterocycles. The Hall–Kier alpha value is -2.88. The number of nitro benzene ring substituents is 1. The minimum Gasteiger partial charge on any atom is -0.502 e. The summed E-state index contributed by atoms with van der Waals surface area (Å²) in [7, 11) is 0. The number of hydrogen-bond donors (Lipinski definition) is 2. The van der Waals surface area contributed by atoms with Crippen LogP contribution < -0.4 is 0 Å². The summed E-state index contributed by atoms with van der Waals surface area (Å²) in [5, 5.41) is 28.4. The van der Waals surface area contributed by atoms with Crippen molar-refractivity contribution in [1.82, 2.24) is 4.90 Å². The van der Waals surface area contributed by atoms with Crippen molar-refractivity contribution < 1.29 is 29.5 Å². The number of imide groups is 1. The van der Waals surface area contributed by atoms with Crippen LogP contribution in [0.1, 0.15) is 5.56 Å². The fraction of sp³-hybridized carbons (Fsp3) is 0.0833. The second-order valence-corrected chi connectivity index (χ2v) is 5.13. The number of aliphatic carboxylic acids is 1. The van der Waals surface area contributed by atoms with Gasteiger partial charge in [0.05, 0.1) is 9.83 Å². The van der Waals surface area contributed by atoms with E-state index in [4.69, 9.17) is 5.11 Å². The molecule has 0 spiro atoms. The fourth-order valence-electron chi connectivity index (χ4n) is 1.73. The van der Waals surface area contributed by atoms with Crippen LogP contribution in [0.15, 0.2) is 23.1 Å². The van der Waals surface area contributed by atoms with Crippen molar-refractivity contribution in [3.63, 3.8) is 0 Å². The minimum atomic E-state index is -1.35. The lowest BCUT2D eigenvalue weighted by Crippen LogP contribution is -2.33. The quantitative estimate of drug-likeness (QED) is 0.481. The number of benzene rings is 1. The molecule has 0 saturated carbocycles. The van der Waals surface area contributed by atoms with E-state index in [2.05, 4.69) is 0 Å². The predicted molar refractivity (Wildman–Crippen MR) is 75.1 cm³/mol. The SMILES string of the molecule is O=C(O)CN1C(=O)S/C(=C/c2cccc([N+](=O)[O-])c2O)C1=O. The van der Waals surface area contributed by atoms with Gasteiger partial charge in [-0.25, -0.2) is 0 Å². The summed E-state index contributed by atoms with van der Waals surface area (Å²) in [6.07, 6.45) is 1.11. The second kappa shape index (κ2) is 5.85. The molecule has 10 heteroatoms. The number of para-hydroxylation sites is 1. The summed E-state index contributed by atoms with van der Waals surface area (Å²) in [5.41, 5.74) is -0.562. The highest BCUT2D eigenvalue weighted by Crippen LogP contribution is 2.36. The molecule has 1 aliphatic rings. The lowest BCUT2D eigenvalue weighted by Gasteiger charge is -2.07. The van der Waals surface area contributed by atoms with Crippen LogP contribution in [0, 0.1) is 10.1 Å². The van der Waals surface area contributed by atoms with E-state index in [1.165, 1.54) is 12.1 Å². The first-order chi connectivity index (χ1) is 10.3. The van der Waals surface area contributed by atoms with Crippen molar-refractivity contribution in [3.05, 3.63) is 38.8 Å². The molecular formula is C12H8N2O7S. The van der Waals surface area contributed by atoms with Crippen LogP contribution >= 0.6 is 11.8 Å².